The van der Waals surface area contributed by atoms with Gasteiger partial charge in [-0.05, 0) is 55.0 Å². The molecule has 0 aliphatic carbocycles. The molecule has 1 N–H and O–H groups in total. The third-order valence-corrected chi connectivity index (χ3v) is 5.66. The van der Waals surface area contributed by atoms with Crippen LogP contribution in [-0.4, -0.2) is 17.9 Å². The van der Waals surface area contributed by atoms with Crippen LogP contribution in [-0.2, 0) is 16.1 Å². The van der Waals surface area contributed by atoms with Crippen LogP contribution < -0.4 is 15.0 Å². The van der Waals surface area contributed by atoms with Gasteiger partial charge in [0.05, 0.1) is 12.2 Å². The first kappa shape index (κ1) is 22.8. The summed E-state index contributed by atoms with van der Waals surface area (Å²) in [5.74, 6) is -0.620. The van der Waals surface area contributed by atoms with Crippen LogP contribution in [0.25, 0.3) is 6.08 Å². The molecule has 1 heterocycles. The van der Waals surface area contributed by atoms with Crippen molar-refractivity contribution in [3.63, 3.8) is 0 Å². The highest BCUT2D eigenvalue weighted by Crippen LogP contribution is 2.37. The summed E-state index contributed by atoms with van der Waals surface area (Å²) in [4.78, 5) is 26.7. The molecule has 1 aliphatic rings. The normalized spacial score (nSPS) is 15.3. The van der Waals surface area contributed by atoms with Gasteiger partial charge in [-0.2, -0.15) is 0 Å². The molecule has 1 atom stereocenters. The zero-order valence-electron chi connectivity index (χ0n) is 17.5. The third-order valence-electron chi connectivity index (χ3n) is 5.10. The van der Waals surface area contributed by atoms with Crippen molar-refractivity contribution in [2.45, 2.75) is 19.6 Å². The number of nitrogens with one attached hydrogen (secondary N) is 1. The van der Waals surface area contributed by atoms with Crippen molar-refractivity contribution < 1.29 is 18.7 Å². The Morgan fingerprint density at radius 1 is 1.15 bits per heavy atom. The lowest BCUT2D eigenvalue weighted by atomic mass is 10.1. The van der Waals surface area contributed by atoms with Gasteiger partial charge in [0.25, 0.3) is 5.91 Å². The molecule has 0 radical (unpaired) electrons. The molecule has 0 spiro atoms. The van der Waals surface area contributed by atoms with E-state index in [1.54, 1.807) is 67.6 Å². The molecular formula is C25H19Cl2FN2O3. The van der Waals surface area contributed by atoms with E-state index in [1.807, 2.05) is 0 Å². The van der Waals surface area contributed by atoms with E-state index in [2.05, 4.69) is 5.32 Å². The Hall–Kier alpha value is -3.35. The number of hydrogen-bond donors (Lipinski definition) is 1. The van der Waals surface area contributed by atoms with E-state index < -0.39 is 17.8 Å². The summed E-state index contributed by atoms with van der Waals surface area (Å²) < 4.78 is 19.9. The second-order valence-electron chi connectivity index (χ2n) is 7.45. The quantitative estimate of drug-likeness (QED) is 0.445. The van der Waals surface area contributed by atoms with Crippen molar-refractivity contribution in [2.24, 2.45) is 0 Å². The van der Waals surface area contributed by atoms with Gasteiger partial charge in [0, 0.05) is 27.4 Å². The zero-order valence-corrected chi connectivity index (χ0v) is 19.0. The number of fused-ring (bicyclic) bond motifs is 1. The molecule has 168 valence electrons. The molecule has 8 heteroatoms. The highest BCUT2D eigenvalue weighted by molar-refractivity contribution is 6.35. The number of benzene rings is 3. The first-order chi connectivity index (χ1) is 15.8. The topological polar surface area (TPSA) is 58.6 Å². The lowest BCUT2D eigenvalue weighted by Gasteiger charge is -2.33. The fraction of sp³-hybridized carbons (Fsp3) is 0.120. The van der Waals surface area contributed by atoms with Crippen LogP contribution >= 0.6 is 23.2 Å². The van der Waals surface area contributed by atoms with E-state index in [0.717, 1.165) is 0 Å². The molecule has 1 unspecified atom stereocenters. The number of halogens is 3. The van der Waals surface area contributed by atoms with Gasteiger partial charge < -0.3 is 15.0 Å². The third kappa shape index (κ3) is 5.18. The Kier molecular flexibility index (Phi) is 6.67. The van der Waals surface area contributed by atoms with Gasteiger partial charge in [-0.25, -0.2) is 4.39 Å². The molecule has 0 saturated heterocycles. The van der Waals surface area contributed by atoms with Gasteiger partial charge in [0.15, 0.2) is 6.10 Å². The van der Waals surface area contributed by atoms with Gasteiger partial charge in [0.1, 0.15) is 11.6 Å². The van der Waals surface area contributed by atoms with Crippen molar-refractivity contribution >= 4 is 52.5 Å². The summed E-state index contributed by atoms with van der Waals surface area (Å²) >= 11 is 12.0. The highest BCUT2D eigenvalue weighted by Gasteiger charge is 2.32. The minimum absolute atomic E-state index is 0.0403. The Morgan fingerprint density at radius 3 is 2.70 bits per heavy atom. The minimum Gasteiger partial charge on any atom is -0.479 e. The highest BCUT2D eigenvalue weighted by atomic mass is 35.5. The molecule has 1 aliphatic heterocycles. The number of nitrogens with zero attached hydrogens (tertiary/aromatic N) is 1. The molecule has 5 nitrogen and oxygen atoms in total. The Balaban J connectivity index is 1.56. The Bertz CT molecular complexity index is 1260. The maximum absolute atomic E-state index is 14.2. The van der Waals surface area contributed by atoms with Crippen LogP contribution in [0.5, 0.6) is 5.75 Å². The lowest BCUT2D eigenvalue weighted by Crippen LogP contribution is -2.44. The number of carbonyl (C=O) groups excluding carboxylic acids is 2. The average Bonchev–Trinajstić information content (AvgIpc) is 2.78. The van der Waals surface area contributed by atoms with E-state index in [-0.39, 0.29) is 12.5 Å². The van der Waals surface area contributed by atoms with E-state index in [4.69, 9.17) is 27.9 Å². The van der Waals surface area contributed by atoms with Crippen LogP contribution in [0.3, 0.4) is 0 Å². The number of carbonyl (C=O) groups is 2. The summed E-state index contributed by atoms with van der Waals surface area (Å²) in [6.07, 6.45) is 2.21. The van der Waals surface area contributed by atoms with Crippen LogP contribution in [0.2, 0.25) is 10.0 Å². The summed E-state index contributed by atoms with van der Waals surface area (Å²) in [5.41, 5.74) is 1.92. The van der Waals surface area contributed by atoms with Crippen LogP contribution in [0.15, 0.2) is 66.7 Å². The summed E-state index contributed by atoms with van der Waals surface area (Å²) in [7, 11) is 0. The van der Waals surface area contributed by atoms with Gasteiger partial charge in [0.2, 0.25) is 5.91 Å². The molecule has 3 aromatic rings. The standard InChI is InChI=1S/C25H19Cl2FN2O3/c1-15-25(32)30(14-17-4-2-3-5-21(17)28)22-13-19(9-10-23(22)33-15)29-24(31)11-7-16-6-8-18(26)12-20(16)27/h2-13,15H,14H2,1H3,(H,29,31)/b11-7+. The molecule has 3 aromatic carbocycles. The molecule has 0 bridgehead atoms. The van der Waals surface area contributed by atoms with Gasteiger partial charge >= 0.3 is 0 Å². The van der Waals surface area contributed by atoms with E-state index in [0.29, 0.717) is 38.3 Å². The summed E-state index contributed by atoms with van der Waals surface area (Å²) in [6, 6.07) is 16.2. The monoisotopic (exact) mass is 484 g/mol. The number of amides is 2. The molecule has 2 amide bonds. The van der Waals surface area contributed by atoms with Crippen molar-refractivity contribution in [1.29, 1.82) is 0 Å². The predicted octanol–water partition coefficient (Wildman–Crippen LogP) is 6.10. The second-order valence-corrected chi connectivity index (χ2v) is 8.29. The first-order valence-electron chi connectivity index (χ1n) is 10.1. The molecule has 0 fully saturated rings. The fourth-order valence-electron chi connectivity index (χ4n) is 3.43. The van der Waals surface area contributed by atoms with Crippen LogP contribution in [0, 0.1) is 5.82 Å². The van der Waals surface area contributed by atoms with Crippen molar-refractivity contribution in [1.82, 2.24) is 0 Å². The zero-order chi connectivity index (χ0) is 23.5. The number of anilines is 2. The molecule has 4 rings (SSSR count). The maximum atomic E-state index is 14.2. The van der Waals surface area contributed by atoms with Crippen LogP contribution in [0.4, 0.5) is 15.8 Å². The Labute approximate surface area is 200 Å². The first-order valence-corrected chi connectivity index (χ1v) is 10.9. The smallest absolute Gasteiger partial charge is 0.268 e. The largest absolute Gasteiger partial charge is 0.479 e. The summed E-state index contributed by atoms with van der Waals surface area (Å²) in [5, 5.41) is 3.68. The molecule has 0 aromatic heterocycles. The minimum atomic E-state index is -0.711. The number of ether oxygens (including phenoxy) is 1. The second kappa shape index (κ2) is 9.65. The van der Waals surface area contributed by atoms with Gasteiger partial charge in [-0.3, -0.25) is 9.59 Å². The fourth-order valence-corrected chi connectivity index (χ4v) is 3.90. The SMILES string of the molecule is CC1Oc2ccc(NC(=O)/C=C/c3ccc(Cl)cc3Cl)cc2N(Cc2ccccc2F)C1=O. The van der Waals surface area contributed by atoms with Crippen LogP contribution in [0.1, 0.15) is 18.1 Å². The number of rotatable bonds is 5. The Morgan fingerprint density at radius 2 is 1.94 bits per heavy atom. The van der Waals surface area contributed by atoms with Crippen molar-refractivity contribution in [2.75, 3.05) is 10.2 Å². The maximum Gasteiger partial charge on any atom is 0.268 e. The van der Waals surface area contributed by atoms with E-state index in [9.17, 15) is 14.0 Å². The predicted molar refractivity (Wildman–Crippen MR) is 128 cm³/mol. The summed E-state index contributed by atoms with van der Waals surface area (Å²) in [6.45, 7) is 1.68. The van der Waals surface area contributed by atoms with Gasteiger partial charge in [-0.1, -0.05) is 47.5 Å². The molecular weight excluding hydrogens is 466 g/mol. The van der Waals surface area contributed by atoms with Crippen molar-refractivity contribution in [3.05, 3.63) is 93.7 Å². The average molecular weight is 485 g/mol. The van der Waals surface area contributed by atoms with E-state index >= 15 is 0 Å². The molecule has 0 saturated carbocycles. The van der Waals surface area contributed by atoms with Gasteiger partial charge in [-0.15, -0.1) is 0 Å². The number of hydrogen-bond acceptors (Lipinski definition) is 3. The molecule has 33 heavy (non-hydrogen) atoms. The lowest BCUT2D eigenvalue weighted by molar-refractivity contribution is -0.125. The van der Waals surface area contributed by atoms with Crippen molar-refractivity contribution in [3.8, 4) is 5.75 Å². The van der Waals surface area contributed by atoms with E-state index in [1.165, 1.54) is 17.0 Å².